The summed E-state index contributed by atoms with van der Waals surface area (Å²) in [6, 6.07) is 0. The van der Waals surface area contributed by atoms with E-state index in [1.165, 1.54) is 5.56 Å². The quantitative estimate of drug-likeness (QED) is 0.625. The molecule has 0 unspecified atom stereocenters. The first kappa shape index (κ1) is 6.82. The van der Waals surface area contributed by atoms with Crippen molar-refractivity contribution < 1.29 is 4.74 Å². The van der Waals surface area contributed by atoms with E-state index in [1.54, 1.807) is 0 Å². The Kier molecular flexibility index (Phi) is 1.63. The number of nitrogens with two attached hydrogens (primary N) is 1. The van der Waals surface area contributed by atoms with Crippen molar-refractivity contribution in [1.82, 2.24) is 10.2 Å². The topological polar surface area (TPSA) is 63.9 Å². The van der Waals surface area contributed by atoms with Gasteiger partial charge in [0.25, 0.3) is 0 Å². The van der Waals surface area contributed by atoms with E-state index < -0.39 is 0 Å². The maximum Gasteiger partial charge on any atom is 0.0890 e. The van der Waals surface area contributed by atoms with Gasteiger partial charge in [-0.3, -0.25) is 5.10 Å². The first-order valence-electron chi connectivity index (χ1n) is 3.74. The van der Waals surface area contributed by atoms with Gasteiger partial charge in [0, 0.05) is 12.0 Å². The molecule has 1 aromatic rings. The van der Waals surface area contributed by atoms with Crippen LogP contribution in [0.5, 0.6) is 0 Å². The number of rotatable bonds is 2. The summed E-state index contributed by atoms with van der Waals surface area (Å²) in [7, 11) is 0. The highest BCUT2D eigenvalue weighted by atomic mass is 16.5. The third-order valence-electron chi connectivity index (χ3n) is 1.91. The molecule has 1 aliphatic rings. The molecule has 11 heavy (non-hydrogen) atoms. The van der Waals surface area contributed by atoms with Gasteiger partial charge in [0.15, 0.2) is 0 Å². The molecule has 0 atom stereocenters. The molecular weight excluding hydrogens is 142 g/mol. The minimum atomic E-state index is 0.650. The van der Waals surface area contributed by atoms with Crippen LogP contribution < -0.4 is 5.73 Å². The molecule has 2 rings (SSSR count). The highest BCUT2D eigenvalue weighted by Gasteiger charge is 2.17. The fourth-order valence-electron chi connectivity index (χ4n) is 1.33. The molecule has 0 aromatic carbocycles. The summed E-state index contributed by atoms with van der Waals surface area (Å²) >= 11 is 0. The van der Waals surface area contributed by atoms with E-state index in [4.69, 9.17) is 10.5 Å². The summed E-state index contributed by atoms with van der Waals surface area (Å²) in [6.07, 6.45) is 0.842. The van der Waals surface area contributed by atoms with Crippen LogP contribution in [0.25, 0.3) is 0 Å². The Hall–Kier alpha value is -0.870. The monoisotopic (exact) mass is 153 g/mol. The summed E-state index contributed by atoms with van der Waals surface area (Å²) in [5.41, 5.74) is 8.83. The second kappa shape index (κ2) is 2.64. The van der Waals surface area contributed by atoms with E-state index >= 15 is 0 Å². The van der Waals surface area contributed by atoms with Crippen molar-refractivity contribution in [3.63, 3.8) is 0 Å². The lowest BCUT2D eigenvalue weighted by Gasteiger charge is -1.93. The number of fused-ring (bicyclic) bond motifs is 1. The molecule has 0 bridgehead atoms. The summed E-state index contributed by atoms with van der Waals surface area (Å²) in [6.45, 7) is 2.02. The molecule has 0 saturated carbocycles. The zero-order valence-electron chi connectivity index (χ0n) is 6.26. The molecule has 3 N–H and O–H groups in total. The van der Waals surface area contributed by atoms with Crippen molar-refractivity contribution in [3.8, 4) is 0 Å². The normalized spacial score (nSPS) is 15.4. The van der Waals surface area contributed by atoms with Gasteiger partial charge < -0.3 is 10.5 Å². The highest BCUT2D eigenvalue weighted by molar-refractivity contribution is 5.26. The van der Waals surface area contributed by atoms with Crippen molar-refractivity contribution in [3.05, 3.63) is 17.0 Å². The highest BCUT2D eigenvalue weighted by Crippen LogP contribution is 2.20. The zero-order chi connectivity index (χ0) is 7.68. The Morgan fingerprint density at radius 2 is 2.45 bits per heavy atom. The van der Waals surface area contributed by atoms with Gasteiger partial charge in [-0.15, -0.1) is 0 Å². The summed E-state index contributed by atoms with van der Waals surface area (Å²) in [4.78, 5) is 0. The molecule has 0 radical (unpaired) electrons. The third-order valence-corrected chi connectivity index (χ3v) is 1.91. The number of hydrogen-bond donors (Lipinski definition) is 2. The molecule has 0 saturated heterocycles. The summed E-state index contributed by atoms with van der Waals surface area (Å²) in [5, 5.41) is 7.08. The summed E-state index contributed by atoms with van der Waals surface area (Å²) < 4.78 is 5.23. The second-order valence-corrected chi connectivity index (χ2v) is 2.66. The van der Waals surface area contributed by atoms with E-state index in [9.17, 15) is 0 Å². The van der Waals surface area contributed by atoms with Crippen LogP contribution in [-0.4, -0.2) is 16.7 Å². The average Bonchev–Trinajstić information content (AvgIpc) is 2.53. The molecular formula is C7H11N3O. The average molecular weight is 153 g/mol. The number of hydrogen-bond acceptors (Lipinski definition) is 3. The standard InChI is InChI=1S/C7H11N3O/c8-2-1-6-5-3-11-4-7(5)10-9-6/h1-4,8H2,(H,9,10). The lowest BCUT2D eigenvalue weighted by atomic mass is 10.2. The summed E-state index contributed by atoms with van der Waals surface area (Å²) in [5.74, 6) is 0. The third kappa shape index (κ3) is 1.04. The molecule has 4 nitrogen and oxygen atoms in total. The molecule has 0 aliphatic carbocycles. The fraction of sp³-hybridized carbons (Fsp3) is 0.571. The Morgan fingerprint density at radius 1 is 1.55 bits per heavy atom. The molecule has 0 amide bonds. The molecule has 1 aliphatic heterocycles. The van der Waals surface area contributed by atoms with Gasteiger partial charge >= 0.3 is 0 Å². The van der Waals surface area contributed by atoms with E-state index in [2.05, 4.69) is 10.2 Å². The van der Waals surface area contributed by atoms with Gasteiger partial charge in [0.2, 0.25) is 0 Å². The number of ether oxygens (including phenoxy) is 1. The van der Waals surface area contributed by atoms with Crippen molar-refractivity contribution in [2.24, 2.45) is 5.73 Å². The van der Waals surface area contributed by atoms with Crippen LogP contribution in [0.1, 0.15) is 17.0 Å². The maximum absolute atomic E-state index is 5.42. The molecule has 2 heterocycles. The van der Waals surface area contributed by atoms with Gasteiger partial charge in [0.1, 0.15) is 0 Å². The molecule has 0 spiro atoms. The lowest BCUT2D eigenvalue weighted by Crippen LogP contribution is -2.04. The minimum Gasteiger partial charge on any atom is -0.370 e. The second-order valence-electron chi connectivity index (χ2n) is 2.66. The van der Waals surface area contributed by atoms with Crippen LogP contribution >= 0.6 is 0 Å². The number of nitrogens with one attached hydrogen (secondary N) is 1. The van der Waals surface area contributed by atoms with Gasteiger partial charge in [-0.1, -0.05) is 0 Å². The maximum atomic E-state index is 5.42. The molecule has 60 valence electrons. The number of aromatic nitrogens is 2. The van der Waals surface area contributed by atoms with E-state index in [1.807, 2.05) is 0 Å². The lowest BCUT2D eigenvalue weighted by molar-refractivity contribution is 0.131. The van der Waals surface area contributed by atoms with Crippen LogP contribution in [0, 0.1) is 0 Å². The Labute approximate surface area is 64.7 Å². The minimum absolute atomic E-state index is 0.650. The van der Waals surface area contributed by atoms with Gasteiger partial charge in [-0.2, -0.15) is 5.10 Å². The molecule has 0 fully saturated rings. The number of H-pyrrole nitrogens is 1. The largest absolute Gasteiger partial charge is 0.370 e. The first-order valence-corrected chi connectivity index (χ1v) is 3.74. The number of nitrogens with zero attached hydrogens (tertiary/aromatic N) is 1. The van der Waals surface area contributed by atoms with Gasteiger partial charge in [0.05, 0.1) is 24.6 Å². The first-order chi connectivity index (χ1) is 5.42. The van der Waals surface area contributed by atoms with Crippen molar-refractivity contribution in [2.45, 2.75) is 19.6 Å². The van der Waals surface area contributed by atoms with Crippen molar-refractivity contribution in [2.75, 3.05) is 6.54 Å². The number of aromatic amines is 1. The van der Waals surface area contributed by atoms with E-state index in [-0.39, 0.29) is 0 Å². The Morgan fingerprint density at radius 3 is 3.27 bits per heavy atom. The fourth-order valence-corrected chi connectivity index (χ4v) is 1.33. The van der Waals surface area contributed by atoms with Crippen molar-refractivity contribution >= 4 is 0 Å². The van der Waals surface area contributed by atoms with Crippen LogP contribution in [0.3, 0.4) is 0 Å². The predicted molar refractivity (Wildman–Crippen MR) is 39.8 cm³/mol. The van der Waals surface area contributed by atoms with Crippen LogP contribution in [0.15, 0.2) is 0 Å². The van der Waals surface area contributed by atoms with Gasteiger partial charge in [-0.25, -0.2) is 0 Å². The Bertz CT molecular complexity index is 256. The predicted octanol–water partition coefficient (Wildman–Crippen LogP) is -0.0589. The van der Waals surface area contributed by atoms with Gasteiger partial charge in [-0.05, 0) is 6.54 Å². The van der Waals surface area contributed by atoms with E-state index in [0.29, 0.717) is 19.8 Å². The molecule has 4 heteroatoms. The smallest absolute Gasteiger partial charge is 0.0890 e. The van der Waals surface area contributed by atoms with Crippen molar-refractivity contribution in [1.29, 1.82) is 0 Å². The molecule has 1 aromatic heterocycles. The SMILES string of the molecule is NCCc1n[nH]c2c1COC2. The Balaban J connectivity index is 2.27. The van der Waals surface area contributed by atoms with Crippen LogP contribution in [-0.2, 0) is 24.4 Å². The zero-order valence-corrected chi connectivity index (χ0v) is 6.26. The van der Waals surface area contributed by atoms with E-state index in [0.717, 1.165) is 17.8 Å². The van der Waals surface area contributed by atoms with Crippen LogP contribution in [0.4, 0.5) is 0 Å². The van der Waals surface area contributed by atoms with Crippen LogP contribution in [0.2, 0.25) is 0 Å².